The van der Waals surface area contributed by atoms with E-state index in [1.54, 1.807) is 0 Å². The molecule has 1 fully saturated rings. The Bertz CT molecular complexity index is 295. The Hall–Kier alpha value is -0.460. The second kappa shape index (κ2) is 12.0. The van der Waals surface area contributed by atoms with Gasteiger partial charge in [-0.1, -0.05) is 37.8 Å². The van der Waals surface area contributed by atoms with E-state index in [2.05, 4.69) is 19.1 Å². The predicted octanol–water partition coefficient (Wildman–Crippen LogP) is 1.79. The van der Waals surface area contributed by atoms with Crippen molar-refractivity contribution in [1.82, 2.24) is 0 Å². The lowest BCUT2D eigenvalue weighted by atomic mass is 10.1. The van der Waals surface area contributed by atoms with Gasteiger partial charge in [-0.15, -0.1) is 0 Å². The third-order valence-corrected chi connectivity index (χ3v) is 4.07. The highest BCUT2D eigenvalue weighted by molar-refractivity contribution is 4.88. The Morgan fingerprint density at radius 3 is 2.55 bits per heavy atom. The fraction of sp³-hybridized carbons (Fsp3) is 0.882. The normalized spacial score (nSPS) is 26.8. The Labute approximate surface area is 133 Å². The van der Waals surface area contributed by atoms with Gasteiger partial charge in [0.05, 0.1) is 13.2 Å². The average molecular weight is 316 g/mol. The molecule has 4 atom stereocenters. The number of ether oxygens (including phenoxy) is 2. The Balaban J connectivity index is 1.97. The first-order valence-corrected chi connectivity index (χ1v) is 8.52. The van der Waals surface area contributed by atoms with Crippen LogP contribution in [0.3, 0.4) is 0 Å². The van der Waals surface area contributed by atoms with E-state index in [0.29, 0.717) is 6.61 Å². The molecule has 130 valence electrons. The molecule has 1 aliphatic heterocycles. The van der Waals surface area contributed by atoms with E-state index < -0.39 is 31.0 Å². The van der Waals surface area contributed by atoms with Crippen molar-refractivity contribution >= 4 is 0 Å². The van der Waals surface area contributed by atoms with Crippen molar-refractivity contribution in [3.05, 3.63) is 12.2 Å². The third kappa shape index (κ3) is 7.20. The molecule has 0 aromatic rings. The van der Waals surface area contributed by atoms with Crippen LogP contribution in [0, 0.1) is 0 Å². The second-order valence-electron chi connectivity index (χ2n) is 5.93. The molecule has 0 saturated carbocycles. The minimum atomic E-state index is -1.05. The van der Waals surface area contributed by atoms with E-state index in [1.165, 1.54) is 32.1 Å². The zero-order chi connectivity index (χ0) is 16.2. The first-order valence-electron chi connectivity index (χ1n) is 8.52. The van der Waals surface area contributed by atoms with Gasteiger partial charge in [-0.05, 0) is 26.2 Å². The summed E-state index contributed by atoms with van der Waals surface area (Å²) in [6.07, 6.45) is 9.57. The number of aliphatic hydroxyl groups excluding tert-OH is 3. The Kier molecular flexibility index (Phi) is 10.7. The first kappa shape index (κ1) is 19.6. The molecule has 3 N–H and O–H groups in total. The molecular weight excluding hydrogens is 284 g/mol. The molecule has 0 bridgehead atoms. The largest absolute Gasteiger partial charge is 0.394 e. The van der Waals surface area contributed by atoms with Crippen LogP contribution in [-0.4, -0.2) is 59.6 Å². The van der Waals surface area contributed by atoms with Crippen molar-refractivity contribution in [2.45, 2.75) is 76.3 Å². The molecule has 0 aromatic carbocycles. The number of unbranched alkanes of at least 4 members (excludes halogenated alkanes) is 6. The molecule has 0 spiro atoms. The highest BCUT2D eigenvalue weighted by Crippen LogP contribution is 2.20. The Morgan fingerprint density at radius 1 is 1.18 bits per heavy atom. The lowest BCUT2D eigenvalue weighted by Gasteiger charge is -2.20. The van der Waals surface area contributed by atoms with Gasteiger partial charge in [-0.2, -0.15) is 0 Å². The lowest BCUT2D eigenvalue weighted by Crippen LogP contribution is -2.41. The zero-order valence-electron chi connectivity index (χ0n) is 13.7. The fourth-order valence-corrected chi connectivity index (χ4v) is 2.68. The minimum absolute atomic E-state index is 0.272. The molecule has 0 amide bonds. The molecule has 0 radical (unpaired) electrons. The highest BCUT2D eigenvalue weighted by atomic mass is 16.6. The second-order valence-corrected chi connectivity index (χ2v) is 5.93. The topological polar surface area (TPSA) is 79.2 Å². The molecule has 22 heavy (non-hydrogen) atoms. The predicted molar refractivity (Wildman–Crippen MR) is 85.7 cm³/mol. The summed E-state index contributed by atoms with van der Waals surface area (Å²) in [6, 6.07) is 0. The quantitative estimate of drug-likeness (QED) is 0.378. The van der Waals surface area contributed by atoms with Crippen LogP contribution >= 0.6 is 0 Å². The van der Waals surface area contributed by atoms with Gasteiger partial charge < -0.3 is 24.8 Å². The van der Waals surface area contributed by atoms with E-state index in [9.17, 15) is 10.2 Å². The summed E-state index contributed by atoms with van der Waals surface area (Å²) < 4.78 is 10.9. The van der Waals surface area contributed by atoms with Crippen LogP contribution in [0.1, 0.15) is 51.9 Å². The molecule has 0 unspecified atom stereocenters. The van der Waals surface area contributed by atoms with Gasteiger partial charge in [0.2, 0.25) is 0 Å². The number of aliphatic hydroxyl groups is 3. The summed E-state index contributed by atoms with van der Waals surface area (Å²) in [7, 11) is 0. The SMILES string of the molecule is C/C=C/CCCCCCCCO[C@@H]1CO[C@H]([C@@H](O)CO)[C@@H]1O. The number of hydrogen-bond donors (Lipinski definition) is 3. The van der Waals surface area contributed by atoms with Crippen LogP contribution < -0.4 is 0 Å². The van der Waals surface area contributed by atoms with Gasteiger partial charge in [0, 0.05) is 6.61 Å². The maximum Gasteiger partial charge on any atom is 0.114 e. The van der Waals surface area contributed by atoms with Crippen LogP contribution in [0.25, 0.3) is 0 Å². The van der Waals surface area contributed by atoms with Crippen molar-refractivity contribution in [3.63, 3.8) is 0 Å². The van der Waals surface area contributed by atoms with Crippen LogP contribution in [0.2, 0.25) is 0 Å². The van der Waals surface area contributed by atoms with Crippen LogP contribution in [0.15, 0.2) is 12.2 Å². The molecule has 1 saturated heterocycles. The molecule has 1 heterocycles. The standard InChI is InChI=1S/C17H32O5/c1-2-3-4-5-6-7-8-9-10-11-21-15-13-22-17(16(15)20)14(19)12-18/h2-3,14-20H,4-13H2,1H3/b3-2+/t14-,15+,16+,17+/m0/s1. The van der Waals surface area contributed by atoms with E-state index in [0.717, 1.165) is 12.8 Å². The monoisotopic (exact) mass is 316 g/mol. The smallest absolute Gasteiger partial charge is 0.114 e. The van der Waals surface area contributed by atoms with Crippen molar-refractivity contribution in [3.8, 4) is 0 Å². The van der Waals surface area contributed by atoms with Crippen molar-refractivity contribution in [1.29, 1.82) is 0 Å². The molecule has 5 heteroatoms. The van der Waals surface area contributed by atoms with Gasteiger partial charge >= 0.3 is 0 Å². The van der Waals surface area contributed by atoms with E-state index in [1.807, 2.05) is 0 Å². The van der Waals surface area contributed by atoms with Crippen LogP contribution in [-0.2, 0) is 9.47 Å². The molecule has 1 aliphatic rings. The van der Waals surface area contributed by atoms with Gasteiger partial charge in [0.1, 0.15) is 24.4 Å². The summed E-state index contributed by atoms with van der Waals surface area (Å²) in [4.78, 5) is 0. The van der Waals surface area contributed by atoms with Crippen molar-refractivity contribution < 1.29 is 24.8 Å². The Morgan fingerprint density at radius 2 is 1.86 bits per heavy atom. The minimum Gasteiger partial charge on any atom is -0.394 e. The number of hydrogen-bond acceptors (Lipinski definition) is 5. The summed E-state index contributed by atoms with van der Waals surface area (Å²) in [5, 5.41) is 28.3. The van der Waals surface area contributed by atoms with Gasteiger partial charge in [-0.3, -0.25) is 0 Å². The first-order chi connectivity index (χ1) is 10.7. The maximum absolute atomic E-state index is 9.97. The molecule has 5 nitrogen and oxygen atoms in total. The van der Waals surface area contributed by atoms with E-state index in [4.69, 9.17) is 14.6 Å². The molecule has 0 aromatic heterocycles. The molecule has 0 aliphatic carbocycles. The third-order valence-electron chi connectivity index (χ3n) is 4.07. The number of rotatable bonds is 12. The molecular formula is C17H32O5. The van der Waals surface area contributed by atoms with E-state index in [-0.39, 0.29) is 6.61 Å². The summed E-state index contributed by atoms with van der Waals surface area (Å²) >= 11 is 0. The summed E-state index contributed by atoms with van der Waals surface area (Å²) in [6.45, 7) is 2.51. The zero-order valence-corrected chi connectivity index (χ0v) is 13.7. The van der Waals surface area contributed by atoms with Gasteiger partial charge in [0.15, 0.2) is 0 Å². The maximum atomic E-state index is 9.97. The van der Waals surface area contributed by atoms with Crippen LogP contribution in [0.4, 0.5) is 0 Å². The highest BCUT2D eigenvalue weighted by Gasteiger charge is 2.40. The van der Waals surface area contributed by atoms with Crippen molar-refractivity contribution in [2.24, 2.45) is 0 Å². The fourth-order valence-electron chi connectivity index (χ4n) is 2.68. The lowest BCUT2D eigenvalue weighted by molar-refractivity contribution is -0.0730. The average Bonchev–Trinajstić information content (AvgIpc) is 2.89. The number of allylic oxidation sites excluding steroid dienone is 2. The van der Waals surface area contributed by atoms with Gasteiger partial charge in [0.25, 0.3) is 0 Å². The molecule has 1 rings (SSSR count). The summed E-state index contributed by atoms with van der Waals surface area (Å²) in [5.74, 6) is 0. The van der Waals surface area contributed by atoms with Crippen LogP contribution in [0.5, 0.6) is 0 Å². The van der Waals surface area contributed by atoms with E-state index >= 15 is 0 Å². The summed E-state index contributed by atoms with van der Waals surface area (Å²) in [5.41, 5.74) is 0. The van der Waals surface area contributed by atoms with Gasteiger partial charge in [-0.25, -0.2) is 0 Å². The van der Waals surface area contributed by atoms with Crippen molar-refractivity contribution in [2.75, 3.05) is 19.8 Å².